The van der Waals surface area contributed by atoms with E-state index >= 15 is 0 Å². The molecular weight excluding hydrogens is 202 g/mol. The summed E-state index contributed by atoms with van der Waals surface area (Å²) in [6.07, 6.45) is 3.30. The van der Waals surface area contributed by atoms with Gasteiger partial charge in [0.2, 0.25) is 0 Å². The van der Waals surface area contributed by atoms with Gasteiger partial charge in [-0.2, -0.15) is 5.26 Å². The molecule has 0 saturated heterocycles. The standard InChI is InChI=1S/C11H9N5/c12-7-11(8-16-9-13-14-15-16)6-10-4-2-1-3-5-10/h1-6,9H,8H2/b11-6+. The van der Waals surface area contributed by atoms with Crippen LogP contribution in [-0.2, 0) is 6.54 Å². The van der Waals surface area contributed by atoms with E-state index in [0.717, 1.165) is 5.56 Å². The Labute approximate surface area is 92.6 Å². The minimum Gasteiger partial charge on any atom is -0.227 e. The van der Waals surface area contributed by atoms with Crippen LogP contribution in [0.4, 0.5) is 0 Å². The molecule has 0 amide bonds. The number of hydrogen-bond donors (Lipinski definition) is 0. The molecule has 2 aromatic rings. The van der Waals surface area contributed by atoms with Gasteiger partial charge in [-0.1, -0.05) is 30.3 Å². The lowest BCUT2D eigenvalue weighted by molar-refractivity contribution is 0.650. The number of nitriles is 1. The molecular formula is C11H9N5. The summed E-state index contributed by atoms with van der Waals surface area (Å²) in [5.41, 5.74) is 1.60. The van der Waals surface area contributed by atoms with E-state index in [2.05, 4.69) is 21.6 Å². The van der Waals surface area contributed by atoms with Gasteiger partial charge in [-0.15, -0.1) is 5.10 Å². The van der Waals surface area contributed by atoms with E-state index in [0.29, 0.717) is 12.1 Å². The van der Waals surface area contributed by atoms with Crippen molar-refractivity contribution >= 4 is 6.08 Å². The van der Waals surface area contributed by atoms with Gasteiger partial charge in [-0.25, -0.2) is 4.68 Å². The normalized spacial score (nSPS) is 11.1. The Morgan fingerprint density at radius 1 is 1.38 bits per heavy atom. The van der Waals surface area contributed by atoms with E-state index in [1.165, 1.54) is 11.0 Å². The fourth-order valence-corrected chi connectivity index (χ4v) is 1.29. The molecule has 0 unspecified atom stereocenters. The summed E-state index contributed by atoms with van der Waals surface area (Å²) in [5, 5.41) is 19.7. The van der Waals surface area contributed by atoms with Gasteiger partial charge in [0.05, 0.1) is 18.2 Å². The summed E-state index contributed by atoms with van der Waals surface area (Å²) in [4.78, 5) is 0. The monoisotopic (exact) mass is 211 g/mol. The van der Waals surface area contributed by atoms with E-state index in [1.807, 2.05) is 36.4 Å². The van der Waals surface area contributed by atoms with Crippen molar-refractivity contribution in [3.05, 3.63) is 47.8 Å². The number of allylic oxidation sites excluding steroid dienone is 1. The maximum Gasteiger partial charge on any atom is 0.138 e. The molecule has 0 aliphatic carbocycles. The quantitative estimate of drug-likeness (QED) is 0.717. The van der Waals surface area contributed by atoms with Gasteiger partial charge in [-0.3, -0.25) is 0 Å². The van der Waals surface area contributed by atoms with Gasteiger partial charge in [0.1, 0.15) is 6.33 Å². The van der Waals surface area contributed by atoms with Crippen LogP contribution in [0.2, 0.25) is 0 Å². The number of tetrazole rings is 1. The lowest BCUT2D eigenvalue weighted by atomic mass is 10.1. The van der Waals surface area contributed by atoms with Crippen molar-refractivity contribution in [3.8, 4) is 6.07 Å². The molecule has 0 N–H and O–H groups in total. The highest BCUT2D eigenvalue weighted by Gasteiger charge is 1.99. The molecule has 0 aliphatic heterocycles. The fraction of sp³-hybridized carbons (Fsp3) is 0.0909. The Kier molecular flexibility index (Phi) is 3.04. The molecule has 78 valence electrons. The molecule has 2 rings (SSSR count). The first-order valence-corrected chi connectivity index (χ1v) is 4.75. The van der Waals surface area contributed by atoms with E-state index in [4.69, 9.17) is 5.26 Å². The molecule has 1 aromatic heterocycles. The van der Waals surface area contributed by atoms with Gasteiger partial charge >= 0.3 is 0 Å². The predicted molar refractivity (Wildman–Crippen MR) is 57.8 cm³/mol. The Morgan fingerprint density at radius 3 is 2.81 bits per heavy atom. The molecule has 0 bridgehead atoms. The molecule has 0 radical (unpaired) electrons. The minimum atomic E-state index is 0.387. The SMILES string of the molecule is N#C/C(=C\c1ccccc1)Cn1cnnn1. The van der Waals surface area contributed by atoms with Gasteiger partial charge < -0.3 is 0 Å². The van der Waals surface area contributed by atoms with E-state index < -0.39 is 0 Å². The molecule has 0 saturated carbocycles. The minimum absolute atomic E-state index is 0.387. The maximum absolute atomic E-state index is 8.99. The molecule has 0 fully saturated rings. The number of nitrogens with zero attached hydrogens (tertiary/aromatic N) is 5. The summed E-state index contributed by atoms with van der Waals surface area (Å²) in [6.45, 7) is 0.387. The highest BCUT2D eigenvalue weighted by atomic mass is 15.5. The van der Waals surface area contributed by atoms with Crippen LogP contribution >= 0.6 is 0 Å². The van der Waals surface area contributed by atoms with Crippen molar-refractivity contribution in [2.24, 2.45) is 0 Å². The Bertz CT molecular complexity index is 507. The van der Waals surface area contributed by atoms with Crippen molar-refractivity contribution in [1.29, 1.82) is 5.26 Å². The van der Waals surface area contributed by atoms with Crippen LogP contribution in [0.1, 0.15) is 5.56 Å². The first kappa shape index (κ1) is 10.1. The second-order valence-electron chi connectivity index (χ2n) is 3.20. The van der Waals surface area contributed by atoms with E-state index in [-0.39, 0.29) is 0 Å². The van der Waals surface area contributed by atoms with Crippen LogP contribution in [-0.4, -0.2) is 20.2 Å². The van der Waals surface area contributed by atoms with Crippen LogP contribution in [0.5, 0.6) is 0 Å². The van der Waals surface area contributed by atoms with Crippen LogP contribution in [0, 0.1) is 11.3 Å². The largest absolute Gasteiger partial charge is 0.227 e. The molecule has 1 heterocycles. The lowest BCUT2D eigenvalue weighted by Crippen LogP contribution is -2.00. The Hall–Kier alpha value is -2.48. The predicted octanol–water partition coefficient (Wildman–Crippen LogP) is 1.28. The molecule has 0 spiro atoms. The lowest BCUT2D eigenvalue weighted by Gasteiger charge is -1.97. The van der Waals surface area contributed by atoms with Crippen LogP contribution in [0.3, 0.4) is 0 Å². The van der Waals surface area contributed by atoms with Gasteiger partial charge in [0.25, 0.3) is 0 Å². The number of rotatable bonds is 3. The van der Waals surface area contributed by atoms with Crippen LogP contribution in [0.15, 0.2) is 42.2 Å². The van der Waals surface area contributed by atoms with Gasteiger partial charge in [0, 0.05) is 0 Å². The molecule has 5 heteroatoms. The zero-order valence-electron chi connectivity index (χ0n) is 8.48. The van der Waals surface area contributed by atoms with Crippen molar-refractivity contribution < 1.29 is 0 Å². The number of aromatic nitrogens is 4. The average Bonchev–Trinajstić information content (AvgIpc) is 2.82. The zero-order valence-corrected chi connectivity index (χ0v) is 8.48. The Balaban J connectivity index is 2.18. The molecule has 16 heavy (non-hydrogen) atoms. The number of hydrogen-bond acceptors (Lipinski definition) is 4. The van der Waals surface area contributed by atoms with Crippen molar-refractivity contribution in [2.45, 2.75) is 6.54 Å². The zero-order chi connectivity index (χ0) is 11.2. The summed E-state index contributed by atoms with van der Waals surface area (Å²) >= 11 is 0. The first-order chi connectivity index (χ1) is 7.88. The maximum atomic E-state index is 8.99. The molecule has 0 aliphatic rings. The fourth-order valence-electron chi connectivity index (χ4n) is 1.29. The third kappa shape index (κ3) is 2.51. The third-order valence-electron chi connectivity index (χ3n) is 2.01. The molecule has 0 atom stereocenters. The third-order valence-corrected chi connectivity index (χ3v) is 2.01. The Morgan fingerprint density at radius 2 is 2.19 bits per heavy atom. The van der Waals surface area contributed by atoms with Gasteiger partial charge in [0.15, 0.2) is 0 Å². The summed E-state index contributed by atoms with van der Waals surface area (Å²) in [6, 6.07) is 11.8. The van der Waals surface area contributed by atoms with Crippen LogP contribution in [0.25, 0.3) is 6.08 Å². The van der Waals surface area contributed by atoms with Crippen molar-refractivity contribution in [1.82, 2.24) is 20.2 Å². The van der Waals surface area contributed by atoms with Crippen molar-refractivity contribution in [2.75, 3.05) is 0 Å². The van der Waals surface area contributed by atoms with Crippen LogP contribution < -0.4 is 0 Å². The molecule has 1 aromatic carbocycles. The summed E-state index contributed by atoms with van der Waals surface area (Å²) < 4.78 is 1.51. The summed E-state index contributed by atoms with van der Waals surface area (Å²) in [5.74, 6) is 0. The van der Waals surface area contributed by atoms with Gasteiger partial charge in [-0.05, 0) is 22.1 Å². The van der Waals surface area contributed by atoms with Crippen molar-refractivity contribution in [3.63, 3.8) is 0 Å². The van der Waals surface area contributed by atoms with E-state index in [9.17, 15) is 0 Å². The second-order valence-corrected chi connectivity index (χ2v) is 3.20. The van der Waals surface area contributed by atoms with E-state index in [1.54, 1.807) is 0 Å². The first-order valence-electron chi connectivity index (χ1n) is 4.75. The molecule has 5 nitrogen and oxygen atoms in total. The average molecular weight is 211 g/mol. The summed E-state index contributed by atoms with van der Waals surface area (Å²) in [7, 11) is 0. The number of benzene rings is 1. The second kappa shape index (κ2) is 4.84. The highest BCUT2D eigenvalue weighted by Crippen LogP contribution is 2.07. The topological polar surface area (TPSA) is 67.4 Å². The smallest absolute Gasteiger partial charge is 0.138 e. The highest BCUT2D eigenvalue weighted by molar-refractivity contribution is 5.56.